The Morgan fingerprint density at radius 1 is 0.949 bits per heavy atom. The van der Waals surface area contributed by atoms with Crippen molar-refractivity contribution in [2.75, 3.05) is 27.1 Å². The van der Waals surface area contributed by atoms with Gasteiger partial charge in [-0.25, -0.2) is 4.79 Å². The lowest BCUT2D eigenvalue weighted by Gasteiger charge is -2.38. The summed E-state index contributed by atoms with van der Waals surface area (Å²) in [6, 6.07) is 8.72. The average molecular weight is 541 g/mol. The molecule has 11 heteroatoms. The Labute approximate surface area is 223 Å². The first-order chi connectivity index (χ1) is 19.0. The van der Waals surface area contributed by atoms with Gasteiger partial charge in [-0.1, -0.05) is 6.07 Å². The number of carbonyl (C=O) groups excluding carboxylic acids is 1. The van der Waals surface area contributed by atoms with E-state index in [1.807, 2.05) is 0 Å². The highest BCUT2D eigenvalue weighted by molar-refractivity contribution is 6.13. The van der Waals surface area contributed by atoms with Crippen LogP contribution in [0.5, 0.6) is 17.2 Å². The molecule has 4 unspecified atom stereocenters. The molecule has 4 N–H and O–H groups in total. The minimum atomic E-state index is -1.24. The minimum absolute atomic E-state index is 0.0742. The van der Waals surface area contributed by atoms with Gasteiger partial charge in [-0.15, -0.1) is 0 Å². The monoisotopic (exact) mass is 540 g/mol. The molecule has 1 fully saturated rings. The summed E-state index contributed by atoms with van der Waals surface area (Å²) in [5.74, 6) is 0.131. The van der Waals surface area contributed by atoms with Crippen molar-refractivity contribution < 1.29 is 53.6 Å². The summed E-state index contributed by atoms with van der Waals surface area (Å²) >= 11 is 0. The fraction of sp³-hybridized carbons (Fsp3) is 0.393. The van der Waals surface area contributed by atoms with Crippen LogP contribution in [0.25, 0.3) is 21.9 Å². The Hall–Kier alpha value is -3.45. The van der Waals surface area contributed by atoms with Gasteiger partial charge in [-0.2, -0.15) is 0 Å². The maximum absolute atomic E-state index is 13.2. The van der Waals surface area contributed by atoms with Crippen LogP contribution in [0, 0.1) is 5.92 Å². The van der Waals surface area contributed by atoms with Gasteiger partial charge in [0.15, 0.2) is 11.5 Å². The molecular weight excluding hydrogens is 512 g/mol. The van der Waals surface area contributed by atoms with Gasteiger partial charge < -0.3 is 48.8 Å². The lowest BCUT2D eigenvalue weighted by atomic mass is 9.87. The van der Waals surface area contributed by atoms with E-state index in [4.69, 9.17) is 28.4 Å². The molecule has 11 nitrogen and oxygen atoms in total. The summed E-state index contributed by atoms with van der Waals surface area (Å²) in [5.41, 5.74) is 2.87. The molecule has 3 aromatic rings. The number of benzene rings is 3. The lowest BCUT2D eigenvalue weighted by Crippen LogP contribution is -2.53. The summed E-state index contributed by atoms with van der Waals surface area (Å²) < 4.78 is 33.9. The molecule has 1 saturated heterocycles. The molecule has 3 aliphatic rings. The number of methoxy groups -OCH3 is 1. The van der Waals surface area contributed by atoms with Crippen molar-refractivity contribution >= 4 is 16.7 Å². The van der Waals surface area contributed by atoms with E-state index in [0.717, 1.165) is 0 Å². The number of esters is 1. The van der Waals surface area contributed by atoms with Gasteiger partial charge in [-0.05, 0) is 46.3 Å². The van der Waals surface area contributed by atoms with E-state index < -0.39 is 30.4 Å². The van der Waals surface area contributed by atoms with Gasteiger partial charge in [0, 0.05) is 29.5 Å². The number of carbonyl (C=O) groups is 1. The van der Waals surface area contributed by atoms with E-state index in [0.29, 0.717) is 50.1 Å². The van der Waals surface area contributed by atoms with Crippen LogP contribution >= 0.6 is 0 Å². The molecule has 3 aliphatic heterocycles. The molecule has 6 rings (SSSR count). The largest absolute Gasteiger partial charge is 0.461 e. The fourth-order valence-corrected chi connectivity index (χ4v) is 5.52. The Morgan fingerprint density at radius 2 is 1.69 bits per heavy atom. The van der Waals surface area contributed by atoms with Crippen LogP contribution in [0.15, 0.2) is 30.3 Å². The number of ether oxygens (including phenoxy) is 6. The zero-order valence-electron chi connectivity index (χ0n) is 21.1. The van der Waals surface area contributed by atoms with Gasteiger partial charge >= 0.3 is 5.97 Å². The second-order valence-corrected chi connectivity index (χ2v) is 9.62. The third-order valence-electron chi connectivity index (χ3n) is 7.60. The van der Waals surface area contributed by atoms with Crippen LogP contribution in [-0.2, 0) is 34.0 Å². The Morgan fingerprint density at radius 3 is 2.41 bits per heavy atom. The van der Waals surface area contributed by atoms with E-state index >= 15 is 0 Å². The number of hydrogen-bond donors (Lipinski definition) is 4. The Bertz CT molecular complexity index is 1440. The molecule has 3 aromatic carbocycles. The van der Waals surface area contributed by atoms with Crippen LogP contribution in [0.2, 0.25) is 0 Å². The van der Waals surface area contributed by atoms with E-state index in [1.165, 1.54) is 7.11 Å². The first-order valence-corrected chi connectivity index (χ1v) is 12.5. The quantitative estimate of drug-likeness (QED) is 0.323. The molecule has 0 spiro atoms. The molecule has 39 heavy (non-hydrogen) atoms. The number of aliphatic hydroxyl groups excluding tert-OH is 4. The number of aliphatic hydroxyl groups is 4. The first-order valence-electron chi connectivity index (χ1n) is 12.5. The van der Waals surface area contributed by atoms with Gasteiger partial charge in [0.2, 0.25) is 13.1 Å². The predicted molar refractivity (Wildman–Crippen MR) is 134 cm³/mol. The Kier molecular flexibility index (Phi) is 6.79. The first kappa shape index (κ1) is 25.8. The second-order valence-electron chi connectivity index (χ2n) is 9.62. The molecule has 0 aliphatic carbocycles. The smallest absolute Gasteiger partial charge is 0.339 e. The van der Waals surface area contributed by atoms with Crippen LogP contribution in [0.4, 0.5) is 0 Å². The minimum Gasteiger partial charge on any atom is -0.461 e. The highest BCUT2D eigenvalue weighted by Gasteiger charge is 2.42. The Balaban J connectivity index is 1.57. The highest BCUT2D eigenvalue weighted by Crippen LogP contribution is 2.48. The number of fused-ring (bicyclic) bond motifs is 3. The molecule has 206 valence electrons. The molecule has 4 atom stereocenters. The van der Waals surface area contributed by atoms with E-state index in [1.54, 1.807) is 30.3 Å². The molecular formula is C28H28O11. The van der Waals surface area contributed by atoms with Crippen molar-refractivity contribution in [1.29, 1.82) is 0 Å². The molecule has 3 heterocycles. The molecule has 0 aromatic heterocycles. The topological polar surface area (TPSA) is 153 Å². The fourth-order valence-electron chi connectivity index (χ4n) is 5.52. The summed E-state index contributed by atoms with van der Waals surface area (Å²) in [5, 5.41) is 42.0. The highest BCUT2D eigenvalue weighted by atomic mass is 16.7. The molecule has 0 saturated carbocycles. The maximum Gasteiger partial charge on any atom is 0.339 e. The third kappa shape index (κ3) is 4.18. The van der Waals surface area contributed by atoms with Crippen LogP contribution in [-0.4, -0.2) is 72.0 Å². The van der Waals surface area contributed by atoms with Crippen LogP contribution < -0.4 is 14.2 Å². The van der Waals surface area contributed by atoms with Crippen LogP contribution in [0.3, 0.4) is 0 Å². The summed E-state index contributed by atoms with van der Waals surface area (Å²) in [7, 11) is 1.47. The van der Waals surface area contributed by atoms with E-state index in [-0.39, 0.29) is 51.1 Å². The van der Waals surface area contributed by atoms with Gasteiger partial charge in [0.25, 0.3) is 0 Å². The maximum atomic E-state index is 13.2. The molecule has 0 amide bonds. The number of rotatable bonds is 7. The molecule has 0 radical (unpaired) electrons. The number of cyclic esters (lactones) is 1. The van der Waals surface area contributed by atoms with E-state index in [2.05, 4.69) is 0 Å². The van der Waals surface area contributed by atoms with E-state index in [9.17, 15) is 25.2 Å². The average Bonchev–Trinajstić information content (AvgIpc) is 3.59. The van der Waals surface area contributed by atoms with Gasteiger partial charge in [-0.3, -0.25) is 0 Å². The van der Waals surface area contributed by atoms with Crippen molar-refractivity contribution in [3.63, 3.8) is 0 Å². The van der Waals surface area contributed by atoms with Crippen molar-refractivity contribution in [1.82, 2.24) is 0 Å². The van der Waals surface area contributed by atoms with Crippen molar-refractivity contribution in [2.45, 2.75) is 38.3 Å². The second kappa shape index (κ2) is 10.3. The summed E-state index contributed by atoms with van der Waals surface area (Å²) in [6.07, 6.45) is -2.94. The summed E-state index contributed by atoms with van der Waals surface area (Å²) in [6.45, 7) is -0.956. The zero-order chi connectivity index (χ0) is 27.3. The number of hydrogen-bond acceptors (Lipinski definition) is 11. The molecule has 0 bridgehead atoms. The SMILES string of the molecule is COC1COC(Oc2c3c(c(-c4ccc5c(c4)OCO5)c4cc(CO)c(CO)cc24)C(=O)OC3)C(O)C1CO. The zero-order valence-corrected chi connectivity index (χ0v) is 21.1. The normalized spacial score (nSPS) is 23.7. The van der Waals surface area contributed by atoms with Gasteiger partial charge in [0.1, 0.15) is 18.5 Å². The summed E-state index contributed by atoms with van der Waals surface area (Å²) in [4.78, 5) is 13.2. The standard InChI is InChI=1S/C28H28O11/c1-34-22-11-36-28(25(32)18(22)9-31)39-26-17-5-15(8-30)14(7-29)4-16(17)23(24-19(26)10-35-27(24)33)13-2-3-20-21(6-13)38-12-37-20/h2-6,18,22,25,28-32H,7-12H2,1H3. The third-order valence-corrected chi connectivity index (χ3v) is 7.60. The lowest BCUT2D eigenvalue weighted by molar-refractivity contribution is -0.234. The van der Waals surface area contributed by atoms with Crippen molar-refractivity contribution in [2.24, 2.45) is 5.92 Å². The van der Waals surface area contributed by atoms with Crippen LogP contribution in [0.1, 0.15) is 27.0 Å². The van der Waals surface area contributed by atoms with Crippen molar-refractivity contribution in [3.05, 3.63) is 52.6 Å². The van der Waals surface area contributed by atoms with Crippen molar-refractivity contribution in [3.8, 4) is 28.4 Å². The predicted octanol–water partition coefficient (Wildman–Crippen LogP) is 1.61. The van der Waals surface area contributed by atoms with Gasteiger partial charge in [0.05, 0.1) is 38.1 Å².